The molecule has 1 aliphatic rings. The van der Waals surface area contributed by atoms with Gasteiger partial charge in [0, 0.05) is 42.3 Å². The number of morpholine rings is 1. The van der Waals surface area contributed by atoms with Crippen molar-refractivity contribution in [3.63, 3.8) is 0 Å². The number of anilines is 2. The van der Waals surface area contributed by atoms with Crippen LogP contribution in [0.3, 0.4) is 0 Å². The molecule has 0 saturated carbocycles. The predicted octanol–water partition coefficient (Wildman–Crippen LogP) is 2.42. The Balaban J connectivity index is 2.17. The molecule has 1 aromatic carbocycles. The van der Waals surface area contributed by atoms with Crippen LogP contribution in [0.5, 0.6) is 0 Å². The standard InChI is InChI=1S/C15H19N3O/c1-11-10-13-12(4-3-5-14(13)16-2)15(17-11)18-6-8-19-9-7-18/h3-5,10,16H,6-9H2,1-2H3. The van der Waals surface area contributed by atoms with Gasteiger partial charge in [0.25, 0.3) is 0 Å². The molecule has 1 saturated heterocycles. The molecule has 0 amide bonds. The molecule has 0 radical (unpaired) electrons. The van der Waals surface area contributed by atoms with Crippen molar-refractivity contribution in [2.24, 2.45) is 0 Å². The molecule has 0 atom stereocenters. The summed E-state index contributed by atoms with van der Waals surface area (Å²) in [7, 11) is 1.96. The van der Waals surface area contributed by atoms with Gasteiger partial charge in [-0.15, -0.1) is 0 Å². The third-order valence-corrected chi connectivity index (χ3v) is 3.56. The second-order valence-corrected chi connectivity index (χ2v) is 4.84. The van der Waals surface area contributed by atoms with Crippen molar-refractivity contribution in [3.8, 4) is 0 Å². The van der Waals surface area contributed by atoms with Crippen LogP contribution >= 0.6 is 0 Å². The van der Waals surface area contributed by atoms with E-state index in [1.165, 1.54) is 10.8 Å². The Labute approximate surface area is 113 Å². The first kappa shape index (κ1) is 12.2. The van der Waals surface area contributed by atoms with Gasteiger partial charge in [0.2, 0.25) is 0 Å². The largest absolute Gasteiger partial charge is 0.388 e. The average molecular weight is 257 g/mol. The van der Waals surface area contributed by atoms with E-state index in [2.05, 4.69) is 41.4 Å². The number of hydrogen-bond acceptors (Lipinski definition) is 4. The van der Waals surface area contributed by atoms with E-state index in [4.69, 9.17) is 9.72 Å². The van der Waals surface area contributed by atoms with E-state index in [9.17, 15) is 0 Å². The number of ether oxygens (including phenoxy) is 1. The van der Waals surface area contributed by atoms with E-state index < -0.39 is 0 Å². The number of aromatic nitrogens is 1. The zero-order chi connectivity index (χ0) is 13.2. The monoisotopic (exact) mass is 257 g/mol. The number of rotatable bonds is 2. The van der Waals surface area contributed by atoms with Crippen molar-refractivity contribution in [1.29, 1.82) is 0 Å². The zero-order valence-electron chi connectivity index (χ0n) is 11.4. The fourth-order valence-corrected chi connectivity index (χ4v) is 2.62. The lowest BCUT2D eigenvalue weighted by atomic mass is 10.1. The van der Waals surface area contributed by atoms with E-state index >= 15 is 0 Å². The maximum Gasteiger partial charge on any atom is 0.136 e. The summed E-state index contributed by atoms with van der Waals surface area (Å²) in [5, 5.41) is 5.70. The van der Waals surface area contributed by atoms with E-state index in [0.717, 1.165) is 43.5 Å². The average Bonchev–Trinajstić information content (AvgIpc) is 2.46. The maximum absolute atomic E-state index is 5.43. The fourth-order valence-electron chi connectivity index (χ4n) is 2.62. The molecule has 4 heteroatoms. The molecular weight excluding hydrogens is 238 g/mol. The second kappa shape index (κ2) is 5.05. The summed E-state index contributed by atoms with van der Waals surface area (Å²) in [4.78, 5) is 7.06. The van der Waals surface area contributed by atoms with Gasteiger partial charge in [-0.25, -0.2) is 4.98 Å². The molecule has 2 heterocycles. The number of hydrogen-bond donors (Lipinski definition) is 1. The summed E-state index contributed by atoms with van der Waals surface area (Å²) in [6.45, 7) is 5.44. The normalized spacial score (nSPS) is 15.8. The van der Waals surface area contributed by atoms with E-state index in [1.54, 1.807) is 0 Å². The molecule has 1 fully saturated rings. The topological polar surface area (TPSA) is 37.4 Å². The summed E-state index contributed by atoms with van der Waals surface area (Å²) >= 11 is 0. The zero-order valence-corrected chi connectivity index (χ0v) is 11.4. The van der Waals surface area contributed by atoms with Gasteiger partial charge in [0.1, 0.15) is 5.82 Å². The summed E-state index contributed by atoms with van der Waals surface area (Å²) in [5.74, 6) is 1.08. The number of nitrogens with zero attached hydrogens (tertiary/aromatic N) is 2. The molecule has 0 unspecified atom stereocenters. The molecule has 3 rings (SSSR count). The lowest BCUT2D eigenvalue weighted by molar-refractivity contribution is 0.122. The van der Waals surface area contributed by atoms with E-state index in [0.29, 0.717) is 0 Å². The van der Waals surface area contributed by atoms with E-state index in [1.807, 2.05) is 7.05 Å². The molecule has 1 N–H and O–H groups in total. The summed E-state index contributed by atoms with van der Waals surface area (Å²) in [6.07, 6.45) is 0. The van der Waals surface area contributed by atoms with Crippen molar-refractivity contribution >= 4 is 22.3 Å². The van der Waals surface area contributed by atoms with Gasteiger partial charge in [-0.05, 0) is 19.1 Å². The smallest absolute Gasteiger partial charge is 0.136 e. The third-order valence-electron chi connectivity index (χ3n) is 3.56. The van der Waals surface area contributed by atoms with Crippen LogP contribution in [-0.2, 0) is 4.74 Å². The highest BCUT2D eigenvalue weighted by molar-refractivity contribution is 6.00. The minimum Gasteiger partial charge on any atom is -0.388 e. The Morgan fingerprint density at radius 1 is 1.21 bits per heavy atom. The number of fused-ring (bicyclic) bond motifs is 1. The van der Waals surface area contributed by atoms with Crippen molar-refractivity contribution in [3.05, 3.63) is 30.0 Å². The highest BCUT2D eigenvalue weighted by atomic mass is 16.5. The Morgan fingerprint density at radius 3 is 2.74 bits per heavy atom. The third kappa shape index (κ3) is 2.24. The van der Waals surface area contributed by atoms with Gasteiger partial charge < -0.3 is 15.0 Å². The van der Waals surface area contributed by atoms with Gasteiger partial charge in [-0.3, -0.25) is 0 Å². The van der Waals surface area contributed by atoms with Gasteiger partial charge in [0.15, 0.2) is 0 Å². The Hall–Kier alpha value is -1.81. The molecule has 100 valence electrons. The summed E-state index contributed by atoms with van der Waals surface area (Å²) < 4.78 is 5.43. The van der Waals surface area contributed by atoms with Crippen LogP contribution in [0.1, 0.15) is 5.69 Å². The molecular formula is C15H19N3O. The number of pyridine rings is 1. The van der Waals surface area contributed by atoms with Crippen LogP contribution in [0.4, 0.5) is 11.5 Å². The van der Waals surface area contributed by atoms with Gasteiger partial charge >= 0.3 is 0 Å². The first-order valence-electron chi connectivity index (χ1n) is 6.70. The lowest BCUT2D eigenvalue weighted by Gasteiger charge is -2.29. The number of aryl methyl sites for hydroxylation is 1. The van der Waals surface area contributed by atoms with Gasteiger partial charge in [-0.1, -0.05) is 12.1 Å². The van der Waals surface area contributed by atoms with Crippen LogP contribution in [0.15, 0.2) is 24.3 Å². The summed E-state index contributed by atoms with van der Waals surface area (Å²) in [6, 6.07) is 8.47. The first-order valence-corrected chi connectivity index (χ1v) is 6.70. The second-order valence-electron chi connectivity index (χ2n) is 4.84. The molecule has 2 aromatic rings. The maximum atomic E-state index is 5.43. The quantitative estimate of drug-likeness (QED) is 0.896. The molecule has 19 heavy (non-hydrogen) atoms. The van der Waals surface area contributed by atoms with Crippen LogP contribution < -0.4 is 10.2 Å². The number of benzene rings is 1. The Bertz CT molecular complexity index is 591. The molecule has 0 bridgehead atoms. The van der Waals surface area contributed by atoms with Crippen LogP contribution in [0.2, 0.25) is 0 Å². The minimum atomic E-state index is 0.781. The molecule has 0 spiro atoms. The SMILES string of the molecule is CNc1cccc2c(N3CCOCC3)nc(C)cc12. The van der Waals surface area contributed by atoms with E-state index in [-0.39, 0.29) is 0 Å². The van der Waals surface area contributed by atoms with Crippen molar-refractivity contribution in [1.82, 2.24) is 4.98 Å². The van der Waals surface area contributed by atoms with Crippen LogP contribution in [-0.4, -0.2) is 38.3 Å². The molecule has 1 aliphatic heterocycles. The lowest BCUT2D eigenvalue weighted by Crippen LogP contribution is -2.37. The minimum absolute atomic E-state index is 0.781. The van der Waals surface area contributed by atoms with Crippen molar-refractivity contribution < 1.29 is 4.74 Å². The van der Waals surface area contributed by atoms with Crippen LogP contribution in [0, 0.1) is 6.92 Å². The Morgan fingerprint density at radius 2 is 2.00 bits per heavy atom. The Kier molecular flexibility index (Phi) is 3.25. The highest BCUT2D eigenvalue weighted by Gasteiger charge is 2.16. The molecule has 4 nitrogen and oxygen atoms in total. The van der Waals surface area contributed by atoms with Gasteiger partial charge in [-0.2, -0.15) is 0 Å². The van der Waals surface area contributed by atoms with Crippen molar-refractivity contribution in [2.45, 2.75) is 6.92 Å². The summed E-state index contributed by atoms with van der Waals surface area (Å²) in [5.41, 5.74) is 2.20. The molecule has 1 aromatic heterocycles. The molecule has 0 aliphatic carbocycles. The fraction of sp³-hybridized carbons (Fsp3) is 0.400. The van der Waals surface area contributed by atoms with Gasteiger partial charge in [0.05, 0.1) is 13.2 Å². The number of nitrogens with one attached hydrogen (secondary N) is 1. The van der Waals surface area contributed by atoms with Crippen molar-refractivity contribution in [2.75, 3.05) is 43.6 Å². The highest BCUT2D eigenvalue weighted by Crippen LogP contribution is 2.31. The predicted molar refractivity (Wildman–Crippen MR) is 79.1 cm³/mol. The van der Waals surface area contributed by atoms with Crippen LogP contribution in [0.25, 0.3) is 10.8 Å². The first-order chi connectivity index (χ1) is 9.29.